The maximum Gasteiger partial charge on any atom is 0.404 e. The number of halogens is 1. The number of piperidine rings is 1. The molecule has 0 atom stereocenters. The maximum atomic E-state index is 10.7. The zero-order valence-electron chi connectivity index (χ0n) is 16.1. The molecule has 1 aliphatic heterocycles. The molecule has 1 saturated carbocycles. The minimum absolute atomic E-state index is 0.132. The molecule has 0 spiro atoms. The molecule has 28 heavy (non-hydrogen) atoms. The van der Waals surface area contributed by atoms with Gasteiger partial charge in [0.15, 0.2) is 0 Å². The van der Waals surface area contributed by atoms with E-state index in [1.165, 1.54) is 6.42 Å². The molecule has 1 aromatic rings. The molecule has 0 radical (unpaired) electrons. The predicted molar refractivity (Wildman–Crippen MR) is 108 cm³/mol. The molecule has 2 fully saturated rings. The van der Waals surface area contributed by atoms with Gasteiger partial charge in [-0.25, -0.2) is 4.79 Å². The van der Waals surface area contributed by atoms with Gasteiger partial charge >= 0.3 is 6.09 Å². The molecular weight excluding hydrogens is 378 g/mol. The van der Waals surface area contributed by atoms with Crippen LogP contribution in [0.4, 0.5) is 4.79 Å². The van der Waals surface area contributed by atoms with Gasteiger partial charge in [0.05, 0.1) is 5.56 Å². The molecule has 1 aliphatic carbocycles. The van der Waals surface area contributed by atoms with E-state index in [4.69, 9.17) is 21.4 Å². The molecule has 0 bridgehead atoms. The number of nitrogens with one attached hydrogen (secondary N) is 1. The van der Waals surface area contributed by atoms with Gasteiger partial charge in [-0.15, -0.1) is 0 Å². The fourth-order valence-electron chi connectivity index (χ4n) is 4.26. The summed E-state index contributed by atoms with van der Waals surface area (Å²) >= 11 is 5.94. The number of carbonyl (C=O) groups is 1. The molecule has 0 unspecified atom stereocenters. The monoisotopic (exact) mass is 405 g/mol. The van der Waals surface area contributed by atoms with Crippen LogP contribution in [-0.2, 0) is 0 Å². The lowest BCUT2D eigenvalue weighted by molar-refractivity contribution is 0.0946. The summed E-state index contributed by atoms with van der Waals surface area (Å²) in [7, 11) is 0. The summed E-state index contributed by atoms with van der Waals surface area (Å²) in [6.45, 7) is 3.12. The van der Waals surface area contributed by atoms with E-state index >= 15 is 0 Å². The number of nitriles is 1. The molecule has 6 nitrogen and oxygen atoms in total. The zero-order chi connectivity index (χ0) is 19.9. The van der Waals surface area contributed by atoms with E-state index in [9.17, 15) is 10.1 Å². The first kappa shape index (κ1) is 20.8. The van der Waals surface area contributed by atoms with Crippen LogP contribution in [0, 0.1) is 17.2 Å². The van der Waals surface area contributed by atoms with Gasteiger partial charge in [0.25, 0.3) is 0 Å². The number of amides is 1. The smallest absolute Gasteiger partial charge is 0.404 e. The fourth-order valence-corrected chi connectivity index (χ4v) is 4.43. The van der Waals surface area contributed by atoms with Crippen molar-refractivity contribution >= 4 is 17.7 Å². The Hall–Kier alpha value is -1.97. The van der Waals surface area contributed by atoms with Crippen molar-refractivity contribution in [3.05, 3.63) is 28.8 Å². The second kappa shape index (κ2) is 9.99. The Kier molecular flexibility index (Phi) is 7.41. The van der Waals surface area contributed by atoms with E-state index in [2.05, 4.69) is 16.3 Å². The quantitative estimate of drug-likeness (QED) is 0.738. The Bertz CT molecular complexity index is 705. The Morgan fingerprint density at radius 2 is 1.96 bits per heavy atom. The number of carboxylic acid groups (broad SMARTS) is 1. The number of likely N-dealkylation sites (tertiary alicyclic amines) is 1. The Balaban J connectivity index is 1.36. The average Bonchev–Trinajstić information content (AvgIpc) is 2.69. The maximum absolute atomic E-state index is 10.7. The van der Waals surface area contributed by atoms with E-state index in [0.29, 0.717) is 22.3 Å². The largest absolute Gasteiger partial charge is 0.489 e. The van der Waals surface area contributed by atoms with Crippen molar-refractivity contribution in [2.75, 3.05) is 19.6 Å². The summed E-state index contributed by atoms with van der Waals surface area (Å²) in [6.07, 6.45) is 6.46. The minimum Gasteiger partial charge on any atom is -0.489 e. The molecule has 1 aromatic carbocycles. The third kappa shape index (κ3) is 6.02. The first-order valence-electron chi connectivity index (χ1n) is 10.1. The third-order valence-electron chi connectivity index (χ3n) is 5.92. The van der Waals surface area contributed by atoms with Gasteiger partial charge in [-0.05, 0) is 75.6 Å². The summed E-state index contributed by atoms with van der Waals surface area (Å²) in [6, 6.07) is 7.46. The van der Waals surface area contributed by atoms with Gasteiger partial charge in [0, 0.05) is 24.2 Å². The topological polar surface area (TPSA) is 85.6 Å². The Labute approximate surface area is 171 Å². The van der Waals surface area contributed by atoms with E-state index in [0.717, 1.165) is 58.2 Å². The molecule has 7 heteroatoms. The van der Waals surface area contributed by atoms with Gasteiger partial charge < -0.3 is 20.1 Å². The molecule has 152 valence electrons. The average molecular weight is 406 g/mol. The minimum atomic E-state index is -0.908. The van der Waals surface area contributed by atoms with Crippen LogP contribution in [0.3, 0.4) is 0 Å². The zero-order valence-corrected chi connectivity index (χ0v) is 16.8. The van der Waals surface area contributed by atoms with Crippen LogP contribution in [0.2, 0.25) is 5.02 Å². The summed E-state index contributed by atoms with van der Waals surface area (Å²) in [5, 5.41) is 21.2. The van der Waals surface area contributed by atoms with Crippen LogP contribution < -0.4 is 10.1 Å². The standard InChI is InChI=1S/C21H28ClN3O3/c22-17-3-6-20(16(13-17)14-23)28-19-8-11-25(12-9-19)10-7-15-1-4-18(5-2-15)24-21(26)27/h3,6,13,15,18-19,24H,1-2,4-5,7-12H2,(H,26,27). The fraction of sp³-hybridized carbons (Fsp3) is 0.619. The number of hydrogen-bond donors (Lipinski definition) is 2. The van der Waals surface area contributed by atoms with Gasteiger partial charge in [0.1, 0.15) is 17.9 Å². The van der Waals surface area contributed by atoms with E-state index in [1.54, 1.807) is 18.2 Å². The highest BCUT2D eigenvalue weighted by Gasteiger charge is 2.25. The lowest BCUT2D eigenvalue weighted by Gasteiger charge is -2.34. The second-order valence-corrected chi connectivity index (χ2v) is 8.30. The SMILES string of the molecule is N#Cc1cc(Cl)ccc1OC1CCN(CCC2CCC(NC(=O)O)CC2)CC1. The first-order chi connectivity index (χ1) is 13.5. The lowest BCUT2D eigenvalue weighted by atomic mass is 9.84. The number of benzene rings is 1. The second-order valence-electron chi connectivity index (χ2n) is 7.87. The summed E-state index contributed by atoms with van der Waals surface area (Å²) < 4.78 is 6.06. The van der Waals surface area contributed by atoms with Crippen LogP contribution >= 0.6 is 11.6 Å². The Morgan fingerprint density at radius 3 is 2.61 bits per heavy atom. The number of hydrogen-bond acceptors (Lipinski definition) is 4. The molecule has 3 rings (SSSR count). The van der Waals surface area contributed by atoms with Crippen LogP contribution in [0.15, 0.2) is 18.2 Å². The molecule has 1 heterocycles. The van der Waals surface area contributed by atoms with Crippen molar-refractivity contribution in [1.29, 1.82) is 5.26 Å². The van der Waals surface area contributed by atoms with Crippen molar-refractivity contribution in [2.45, 2.75) is 57.1 Å². The highest BCUT2D eigenvalue weighted by molar-refractivity contribution is 6.30. The molecule has 1 amide bonds. The summed E-state index contributed by atoms with van der Waals surface area (Å²) in [5.74, 6) is 1.32. The van der Waals surface area contributed by atoms with E-state index in [1.807, 2.05) is 0 Å². The van der Waals surface area contributed by atoms with Crippen LogP contribution in [0.5, 0.6) is 5.75 Å². The molecular formula is C21H28ClN3O3. The first-order valence-corrected chi connectivity index (χ1v) is 10.5. The number of rotatable bonds is 6. The van der Waals surface area contributed by atoms with Gasteiger partial charge in [0.2, 0.25) is 0 Å². The highest BCUT2D eigenvalue weighted by atomic mass is 35.5. The number of nitrogens with zero attached hydrogens (tertiary/aromatic N) is 2. The molecule has 0 aromatic heterocycles. The molecule has 2 N–H and O–H groups in total. The Morgan fingerprint density at radius 1 is 1.25 bits per heavy atom. The van der Waals surface area contributed by atoms with Crippen LogP contribution in [-0.4, -0.2) is 47.9 Å². The van der Waals surface area contributed by atoms with E-state index < -0.39 is 6.09 Å². The van der Waals surface area contributed by atoms with Crippen LogP contribution in [0.25, 0.3) is 0 Å². The van der Waals surface area contributed by atoms with Crippen molar-refractivity contribution in [3.8, 4) is 11.8 Å². The van der Waals surface area contributed by atoms with E-state index in [-0.39, 0.29) is 12.1 Å². The van der Waals surface area contributed by atoms with Gasteiger partial charge in [-0.3, -0.25) is 0 Å². The molecule has 1 saturated heterocycles. The van der Waals surface area contributed by atoms with Gasteiger partial charge in [-0.2, -0.15) is 5.26 Å². The van der Waals surface area contributed by atoms with Crippen molar-refractivity contribution < 1.29 is 14.6 Å². The molecule has 2 aliphatic rings. The van der Waals surface area contributed by atoms with Crippen molar-refractivity contribution in [2.24, 2.45) is 5.92 Å². The highest BCUT2D eigenvalue weighted by Crippen LogP contribution is 2.28. The van der Waals surface area contributed by atoms with Crippen molar-refractivity contribution in [1.82, 2.24) is 10.2 Å². The summed E-state index contributed by atoms with van der Waals surface area (Å²) in [4.78, 5) is 13.2. The van der Waals surface area contributed by atoms with Crippen LogP contribution in [0.1, 0.15) is 50.5 Å². The van der Waals surface area contributed by atoms with Crippen molar-refractivity contribution in [3.63, 3.8) is 0 Å². The lowest BCUT2D eigenvalue weighted by Crippen LogP contribution is -2.40. The van der Waals surface area contributed by atoms with Gasteiger partial charge in [-0.1, -0.05) is 11.6 Å². The number of ether oxygens (including phenoxy) is 1. The third-order valence-corrected chi connectivity index (χ3v) is 6.15. The normalized spacial score (nSPS) is 23.7. The predicted octanol–water partition coefficient (Wildman–Crippen LogP) is 4.27. The summed E-state index contributed by atoms with van der Waals surface area (Å²) in [5.41, 5.74) is 0.489.